The summed E-state index contributed by atoms with van der Waals surface area (Å²) in [5.74, 6) is 0.137. The summed E-state index contributed by atoms with van der Waals surface area (Å²) >= 11 is 0. The molecule has 3 rings (SSSR count). The van der Waals surface area contributed by atoms with Gasteiger partial charge in [0.05, 0.1) is 6.10 Å². The molecule has 7 heteroatoms. The molecule has 0 radical (unpaired) electrons. The molecule has 1 aromatic heterocycles. The predicted molar refractivity (Wildman–Crippen MR) is 94.5 cm³/mol. The topological polar surface area (TPSA) is 75.3 Å². The van der Waals surface area contributed by atoms with E-state index in [0.717, 1.165) is 18.4 Å². The summed E-state index contributed by atoms with van der Waals surface area (Å²) in [6.07, 6.45) is 1.41. The minimum absolute atomic E-state index is 0.124. The van der Waals surface area contributed by atoms with Crippen LogP contribution in [0, 0.1) is 18.7 Å². The van der Waals surface area contributed by atoms with E-state index in [1.807, 2.05) is 0 Å². The zero-order valence-electron chi connectivity index (χ0n) is 14.9. The maximum atomic E-state index is 13.1. The first-order valence-corrected chi connectivity index (χ1v) is 8.60. The number of amides is 1. The van der Waals surface area contributed by atoms with Crippen LogP contribution in [0.2, 0.25) is 0 Å². The molecular formula is C19H22FN3O3. The number of halogens is 1. The molecule has 1 aliphatic rings. The Hall–Kier alpha value is -2.54. The van der Waals surface area contributed by atoms with Gasteiger partial charge in [-0.2, -0.15) is 0 Å². The summed E-state index contributed by atoms with van der Waals surface area (Å²) in [6.45, 7) is 2.65. The van der Waals surface area contributed by atoms with E-state index in [1.165, 1.54) is 18.2 Å². The maximum absolute atomic E-state index is 13.1. The first kappa shape index (κ1) is 18.3. The highest BCUT2D eigenvalue weighted by Crippen LogP contribution is 2.25. The van der Waals surface area contributed by atoms with Crippen molar-refractivity contribution in [1.29, 1.82) is 0 Å². The molecule has 0 spiro atoms. The number of nitrogens with zero attached hydrogens (tertiary/aromatic N) is 2. The number of carbonyl (C=O) groups excluding carboxylic acids is 1. The van der Waals surface area contributed by atoms with Crippen LogP contribution >= 0.6 is 0 Å². The number of methoxy groups -OCH3 is 1. The third-order valence-corrected chi connectivity index (χ3v) is 4.78. The van der Waals surface area contributed by atoms with Crippen molar-refractivity contribution >= 4 is 5.91 Å². The number of hydrogen-bond acceptors (Lipinski definition) is 4. The van der Waals surface area contributed by atoms with Crippen LogP contribution in [0.3, 0.4) is 0 Å². The van der Waals surface area contributed by atoms with Crippen molar-refractivity contribution in [2.75, 3.05) is 20.2 Å². The average Bonchev–Trinajstić information content (AvgIpc) is 2.62. The first-order chi connectivity index (χ1) is 12.5. The van der Waals surface area contributed by atoms with E-state index in [1.54, 1.807) is 31.1 Å². The van der Waals surface area contributed by atoms with Gasteiger partial charge < -0.3 is 14.6 Å². The van der Waals surface area contributed by atoms with E-state index in [0.29, 0.717) is 18.9 Å². The lowest BCUT2D eigenvalue weighted by molar-refractivity contribution is -0.00718. The highest BCUT2D eigenvalue weighted by molar-refractivity contribution is 5.92. The number of likely N-dealkylation sites (tertiary alicyclic amines) is 1. The third-order valence-electron chi connectivity index (χ3n) is 4.78. The van der Waals surface area contributed by atoms with Gasteiger partial charge in [-0.3, -0.25) is 9.59 Å². The highest BCUT2D eigenvalue weighted by Gasteiger charge is 2.32. The van der Waals surface area contributed by atoms with E-state index >= 15 is 0 Å². The van der Waals surface area contributed by atoms with Crippen LogP contribution in [0.15, 0.2) is 35.1 Å². The lowest BCUT2D eigenvalue weighted by atomic mass is 9.87. The number of hydrogen-bond donors (Lipinski definition) is 1. The summed E-state index contributed by atoms with van der Waals surface area (Å²) in [7, 11) is 1.63. The van der Waals surface area contributed by atoms with E-state index in [9.17, 15) is 14.0 Å². The van der Waals surface area contributed by atoms with Gasteiger partial charge in [0.25, 0.3) is 11.5 Å². The molecule has 1 N–H and O–H groups in total. The van der Waals surface area contributed by atoms with Gasteiger partial charge in [-0.1, -0.05) is 12.1 Å². The van der Waals surface area contributed by atoms with Crippen molar-refractivity contribution < 1.29 is 13.9 Å². The van der Waals surface area contributed by atoms with Gasteiger partial charge in [0.1, 0.15) is 17.3 Å². The number of aromatic amines is 1. The van der Waals surface area contributed by atoms with Crippen molar-refractivity contribution in [3.05, 3.63) is 63.6 Å². The second-order valence-electron chi connectivity index (χ2n) is 6.62. The van der Waals surface area contributed by atoms with Gasteiger partial charge in [-0.15, -0.1) is 0 Å². The zero-order chi connectivity index (χ0) is 18.7. The molecule has 26 heavy (non-hydrogen) atoms. The Morgan fingerprint density at radius 2 is 2.12 bits per heavy atom. The molecule has 2 aromatic rings. The molecular weight excluding hydrogens is 337 g/mol. The number of rotatable bonds is 4. The number of benzene rings is 1. The average molecular weight is 359 g/mol. The number of aryl methyl sites for hydroxylation is 1. The Balaban J connectivity index is 1.69. The molecule has 0 saturated carbocycles. The maximum Gasteiger partial charge on any atom is 0.272 e. The molecule has 0 unspecified atom stereocenters. The number of ether oxygens (including phenoxy) is 1. The molecule has 138 valence electrons. The SMILES string of the molecule is CO[C@H]1CN(C(=O)c2cc(=O)[nH]c(C)n2)CC[C@@H]1Cc1ccc(F)cc1. The van der Waals surface area contributed by atoms with Crippen molar-refractivity contribution in [2.24, 2.45) is 5.92 Å². The molecule has 1 aliphatic heterocycles. The van der Waals surface area contributed by atoms with Crippen molar-refractivity contribution in [2.45, 2.75) is 25.9 Å². The second-order valence-corrected chi connectivity index (χ2v) is 6.62. The van der Waals surface area contributed by atoms with Gasteiger partial charge in [-0.25, -0.2) is 9.37 Å². The number of nitrogens with one attached hydrogen (secondary N) is 1. The predicted octanol–water partition coefficient (Wildman–Crippen LogP) is 1.94. The summed E-state index contributed by atoms with van der Waals surface area (Å²) in [5, 5.41) is 0. The quantitative estimate of drug-likeness (QED) is 0.905. The lowest BCUT2D eigenvalue weighted by Gasteiger charge is -2.37. The van der Waals surface area contributed by atoms with Gasteiger partial charge >= 0.3 is 0 Å². The van der Waals surface area contributed by atoms with E-state index in [-0.39, 0.29) is 35.0 Å². The van der Waals surface area contributed by atoms with Crippen LogP contribution in [0.5, 0.6) is 0 Å². The fourth-order valence-corrected chi connectivity index (χ4v) is 3.42. The van der Waals surface area contributed by atoms with Crippen molar-refractivity contribution in [3.63, 3.8) is 0 Å². The van der Waals surface area contributed by atoms with E-state index in [4.69, 9.17) is 4.74 Å². The van der Waals surface area contributed by atoms with Gasteiger partial charge in [0.15, 0.2) is 0 Å². The molecule has 1 fully saturated rings. The van der Waals surface area contributed by atoms with Crippen molar-refractivity contribution in [1.82, 2.24) is 14.9 Å². The molecule has 0 aliphatic carbocycles. The summed E-state index contributed by atoms with van der Waals surface area (Å²) < 4.78 is 18.7. The fourth-order valence-electron chi connectivity index (χ4n) is 3.42. The van der Waals surface area contributed by atoms with Crippen LogP contribution in [-0.4, -0.2) is 47.1 Å². The minimum atomic E-state index is -0.338. The molecule has 0 bridgehead atoms. The molecule has 6 nitrogen and oxygen atoms in total. The number of piperidine rings is 1. The first-order valence-electron chi connectivity index (χ1n) is 8.60. The Morgan fingerprint density at radius 1 is 1.38 bits per heavy atom. The van der Waals surface area contributed by atoms with Crippen molar-refractivity contribution in [3.8, 4) is 0 Å². The largest absolute Gasteiger partial charge is 0.379 e. The summed E-state index contributed by atoms with van der Waals surface area (Å²) in [4.78, 5) is 32.6. The van der Waals surface area contributed by atoms with Gasteiger partial charge in [0, 0.05) is 26.3 Å². The lowest BCUT2D eigenvalue weighted by Crippen LogP contribution is -2.48. The Morgan fingerprint density at radius 3 is 2.77 bits per heavy atom. The molecule has 2 atom stereocenters. The Bertz CT molecular complexity index is 835. The van der Waals surface area contributed by atoms with Crippen LogP contribution < -0.4 is 5.56 Å². The fraction of sp³-hybridized carbons (Fsp3) is 0.421. The zero-order valence-corrected chi connectivity index (χ0v) is 14.9. The van der Waals surface area contributed by atoms with E-state index in [2.05, 4.69) is 9.97 Å². The number of aromatic nitrogens is 2. The monoisotopic (exact) mass is 359 g/mol. The summed E-state index contributed by atoms with van der Waals surface area (Å²) in [6, 6.07) is 7.69. The second kappa shape index (κ2) is 7.78. The highest BCUT2D eigenvalue weighted by atomic mass is 19.1. The van der Waals surface area contributed by atoms with Crippen LogP contribution in [-0.2, 0) is 11.2 Å². The number of H-pyrrole nitrogens is 1. The number of carbonyl (C=O) groups is 1. The Kier molecular flexibility index (Phi) is 5.46. The molecule has 1 saturated heterocycles. The smallest absolute Gasteiger partial charge is 0.272 e. The van der Waals surface area contributed by atoms with E-state index < -0.39 is 0 Å². The standard InChI is InChI=1S/C19H22FN3O3/c1-12-21-16(10-18(24)22-12)19(25)23-8-7-14(17(11-23)26-2)9-13-3-5-15(20)6-4-13/h3-6,10,14,17H,7-9,11H2,1-2H3,(H,21,22,24)/t14-,17+/m1/s1. The molecule has 1 aromatic carbocycles. The van der Waals surface area contributed by atoms with Crippen LogP contribution in [0.1, 0.15) is 28.3 Å². The van der Waals surface area contributed by atoms with Gasteiger partial charge in [-0.05, 0) is 43.4 Å². The Labute approximate surface area is 151 Å². The third kappa shape index (κ3) is 4.16. The normalized spacial score (nSPS) is 20.2. The summed E-state index contributed by atoms with van der Waals surface area (Å²) in [5.41, 5.74) is 0.860. The molecule has 2 heterocycles. The van der Waals surface area contributed by atoms with Crippen LogP contribution in [0.4, 0.5) is 4.39 Å². The minimum Gasteiger partial charge on any atom is -0.379 e. The van der Waals surface area contributed by atoms with Crippen LogP contribution in [0.25, 0.3) is 0 Å². The van der Waals surface area contributed by atoms with Gasteiger partial charge in [0.2, 0.25) is 0 Å². The molecule has 1 amide bonds.